The van der Waals surface area contributed by atoms with Crippen molar-refractivity contribution in [1.82, 2.24) is 10.3 Å². The summed E-state index contributed by atoms with van der Waals surface area (Å²) in [4.78, 5) is 27.2. The monoisotopic (exact) mass is 355 g/mol. The van der Waals surface area contributed by atoms with E-state index in [-0.39, 0.29) is 11.7 Å². The Bertz CT molecular complexity index is 536. The predicted molar refractivity (Wildman–Crippen MR) is 75.9 cm³/mol. The third-order valence-electron chi connectivity index (χ3n) is 2.37. The number of halogens is 3. The molecular weight excluding hydrogens is 339 g/mol. The first-order valence-electron chi connectivity index (χ1n) is 6.52. The van der Waals surface area contributed by atoms with Crippen molar-refractivity contribution in [3.63, 3.8) is 0 Å². The first kappa shape index (κ1) is 19.0. The van der Waals surface area contributed by atoms with E-state index in [9.17, 15) is 22.8 Å². The molecule has 0 aromatic carbocycles. The van der Waals surface area contributed by atoms with E-state index in [0.717, 1.165) is 11.3 Å². The average molecular weight is 355 g/mol. The number of ether oxygens (including phenoxy) is 2. The summed E-state index contributed by atoms with van der Waals surface area (Å²) in [6, 6.07) is 0. The molecule has 1 aromatic heterocycles. The van der Waals surface area contributed by atoms with Gasteiger partial charge in [-0.3, -0.25) is 5.32 Å². The number of thiazole rings is 1. The molecular formula is C12H16F3N3O4S. The highest BCUT2D eigenvalue weighted by molar-refractivity contribution is 7.13. The second-order valence-corrected chi connectivity index (χ2v) is 5.40. The number of rotatable bonds is 6. The Kier molecular flexibility index (Phi) is 6.19. The number of alkyl halides is 3. The number of esters is 1. The Morgan fingerprint density at radius 2 is 2.04 bits per heavy atom. The minimum atomic E-state index is -5.21. The van der Waals surface area contributed by atoms with Gasteiger partial charge in [-0.05, 0) is 20.8 Å². The molecule has 1 rings (SSSR count). The summed E-state index contributed by atoms with van der Waals surface area (Å²) >= 11 is 0.820. The van der Waals surface area contributed by atoms with Crippen LogP contribution in [0, 0.1) is 0 Å². The number of nitrogens with one attached hydrogen (secondary N) is 2. The molecule has 0 bridgehead atoms. The Hall–Kier alpha value is -2.04. The lowest BCUT2D eigenvalue weighted by molar-refractivity contribution is -0.205. The van der Waals surface area contributed by atoms with Crippen molar-refractivity contribution in [2.75, 3.05) is 11.9 Å². The minimum absolute atomic E-state index is 0.222. The molecule has 0 spiro atoms. The van der Waals surface area contributed by atoms with Gasteiger partial charge in [0.2, 0.25) is 0 Å². The molecule has 0 saturated heterocycles. The summed E-state index contributed by atoms with van der Waals surface area (Å²) in [7, 11) is 0. The zero-order valence-electron chi connectivity index (χ0n) is 12.6. The van der Waals surface area contributed by atoms with Gasteiger partial charge in [-0.2, -0.15) is 13.2 Å². The summed E-state index contributed by atoms with van der Waals surface area (Å²) < 4.78 is 49.9. The van der Waals surface area contributed by atoms with E-state index in [1.165, 1.54) is 37.7 Å². The largest absolute Gasteiger partial charge is 0.463 e. The number of hydrogen-bond donors (Lipinski definition) is 2. The van der Waals surface area contributed by atoms with Crippen LogP contribution in [0.3, 0.4) is 0 Å². The van der Waals surface area contributed by atoms with Crippen molar-refractivity contribution in [3.05, 3.63) is 11.6 Å². The maximum Gasteiger partial charge on any atom is 0.442 e. The van der Waals surface area contributed by atoms with E-state index >= 15 is 0 Å². The Morgan fingerprint density at radius 1 is 1.39 bits per heavy atom. The van der Waals surface area contributed by atoms with Gasteiger partial charge in [-0.1, -0.05) is 0 Å². The molecule has 0 saturated carbocycles. The summed E-state index contributed by atoms with van der Waals surface area (Å²) in [6.07, 6.45) is -6.07. The van der Waals surface area contributed by atoms with Crippen LogP contribution in [0.2, 0.25) is 0 Å². The van der Waals surface area contributed by atoms with Crippen molar-refractivity contribution in [1.29, 1.82) is 0 Å². The van der Waals surface area contributed by atoms with Crippen LogP contribution in [-0.2, 0) is 14.3 Å². The van der Waals surface area contributed by atoms with Gasteiger partial charge in [0.15, 0.2) is 5.13 Å². The fourth-order valence-corrected chi connectivity index (χ4v) is 2.06. The van der Waals surface area contributed by atoms with Gasteiger partial charge in [0, 0.05) is 11.6 Å². The SMILES string of the molecule is CCOC(=O)[C@@](NC(=O)OC(C)C)(Nc1nccs1)C(F)(F)F. The molecule has 0 aliphatic carbocycles. The Labute approximate surface area is 134 Å². The van der Waals surface area contributed by atoms with Crippen molar-refractivity contribution < 1.29 is 32.2 Å². The van der Waals surface area contributed by atoms with Gasteiger partial charge in [0.1, 0.15) is 0 Å². The molecule has 1 aromatic rings. The van der Waals surface area contributed by atoms with Crippen LogP contribution in [0.25, 0.3) is 0 Å². The number of hydrogen-bond acceptors (Lipinski definition) is 7. The zero-order valence-corrected chi connectivity index (χ0v) is 13.4. The van der Waals surface area contributed by atoms with E-state index in [1.54, 1.807) is 0 Å². The highest BCUT2D eigenvalue weighted by atomic mass is 32.1. The predicted octanol–water partition coefficient (Wildman–Crippen LogP) is 2.51. The third kappa shape index (κ3) is 4.71. The first-order valence-corrected chi connectivity index (χ1v) is 7.40. The molecule has 7 nitrogen and oxygen atoms in total. The second kappa shape index (κ2) is 7.49. The van der Waals surface area contributed by atoms with Crippen LogP contribution in [0.1, 0.15) is 20.8 Å². The van der Waals surface area contributed by atoms with Gasteiger partial charge in [0.05, 0.1) is 12.7 Å². The molecule has 11 heteroatoms. The van der Waals surface area contributed by atoms with Crippen molar-refractivity contribution in [2.45, 2.75) is 38.7 Å². The second-order valence-electron chi connectivity index (χ2n) is 4.51. The van der Waals surface area contributed by atoms with Gasteiger partial charge in [-0.25, -0.2) is 14.6 Å². The Balaban J connectivity index is 3.22. The number of carbonyl (C=O) groups is 2. The van der Waals surface area contributed by atoms with Gasteiger partial charge in [0.25, 0.3) is 0 Å². The summed E-state index contributed by atoms with van der Waals surface area (Å²) in [5, 5.41) is 4.60. The van der Waals surface area contributed by atoms with Crippen molar-refractivity contribution in [2.24, 2.45) is 0 Å². The number of aromatic nitrogens is 1. The highest BCUT2D eigenvalue weighted by Gasteiger charge is 2.64. The Morgan fingerprint density at radius 3 is 2.48 bits per heavy atom. The number of alkyl carbamates (subject to hydrolysis) is 1. The highest BCUT2D eigenvalue weighted by Crippen LogP contribution is 2.33. The lowest BCUT2D eigenvalue weighted by Gasteiger charge is -2.34. The lowest BCUT2D eigenvalue weighted by Crippen LogP contribution is -2.69. The topological polar surface area (TPSA) is 89.5 Å². The molecule has 1 amide bonds. The lowest BCUT2D eigenvalue weighted by atomic mass is 10.1. The maximum absolute atomic E-state index is 13.6. The smallest absolute Gasteiger partial charge is 0.442 e. The maximum atomic E-state index is 13.6. The van der Waals surface area contributed by atoms with Crippen LogP contribution in [-0.4, -0.2) is 41.6 Å². The van der Waals surface area contributed by atoms with Crippen molar-refractivity contribution >= 4 is 28.5 Å². The third-order valence-corrected chi connectivity index (χ3v) is 3.05. The van der Waals surface area contributed by atoms with Crippen LogP contribution >= 0.6 is 11.3 Å². The molecule has 1 atom stereocenters. The summed E-state index contributed by atoms with van der Waals surface area (Å²) in [6.45, 7) is 3.94. The molecule has 0 aliphatic rings. The molecule has 23 heavy (non-hydrogen) atoms. The van der Waals surface area contributed by atoms with E-state index in [2.05, 4.69) is 14.5 Å². The van der Waals surface area contributed by atoms with Gasteiger partial charge >= 0.3 is 23.9 Å². The van der Waals surface area contributed by atoms with E-state index < -0.39 is 30.0 Å². The molecule has 1 heterocycles. The van der Waals surface area contributed by atoms with E-state index in [1.807, 2.05) is 5.32 Å². The molecule has 2 N–H and O–H groups in total. The van der Waals surface area contributed by atoms with Crippen molar-refractivity contribution in [3.8, 4) is 0 Å². The minimum Gasteiger partial charge on any atom is -0.463 e. The van der Waals surface area contributed by atoms with Gasteiger partial charge in [-0.15, -0.1) is 11.3 Å². The standard InChI is InChI=1S/C12H16F3N3O4S/c1-4-21-8(19)11(12(13,14)15,17-9-16-5-6-23-9)18-10(20)22-7(2)3/h5-7H,4H2,1-3H3,(H,16,17)(H,18,20)/t11-/m0/s1. The summed E-state index contributed by atoms with van der Waals surface area (Å²) in [5.74, 6) is -1.72. The molecule has 0 unspecified atom stereocenters. The van der Waals surface area contributed by atoms with Gasteiger partial charge < -0.3 is 14.8 Å². The van der Waals surface area contributed by atoms with Crippen LogP contribution in [0.5, 0.6) is 0 Å². The number of amides is 1. The molecule has 0 fully saturated rings. The fraction of sp³-hybridized carbons (Fsp3) is 0.583. The number of carbonyl (C=O) groups excluding carboxylic acids is 2. The first-order chi connectivity index (χ1) is 10.6. The fourth-order valence-electron chi connectivity index (χ4n) is 1.47. The molecule has 0 radical (unpaired) electrons. The van der Waals surface area contributed by atoms with Crippen LogP contribution < -0.4 is 10.6 Å². The number of nitrogens with zero attached hydrogens (tertiary/aromatic N) is 1. The molecule has 0 aliphatic heterocycles. The van der Waals surface area contributed by atoms with Crippen LogP contribution in [0.4, 0.5) is 23.1 Å². The normalized spacial score (nSPS) is 14.0. The van der Waals surface area contributed by atoms with E-state index in [0.29, 0.717) is 0 Å². The molecule has 130 valence electrons. The number of anilines is 1. The zero-order chi connectivity index (χ0) is 17.7. The quantitative estimate of drug-likeness (QED) is 0.602. The van der Waals surface area contributed by atoms with E-state index in [4.69, 9.17) is 0 Å². The average Bonchev–Trinajstić information content (AvgIpc) is 2.88. The van der Waals surface area contributed by atoms with Crippen LogP contribution in [0.15, 0.2) is 11.6 Å². The summed E-state index contributed by atoms with van der Waals surface area (Å²) in [5.41, 5.74) is -3.51.